The predicted octanol–water partition coefficient (Wildman–Crippen LogP) is 6.41. The van der Waals surface area contributed by atoms with E-state index >= 15 is 0 Å². The van der Waals surface area contributed by atoms with Gasteiger partial charge in [-0.15, -0.1) is 0 Å². The molecule has 6 nitrogen and oxygen atoms in total. The fourth-order valence-electron chi connectivity index (χ4n) is 5.01. The number of aliphatic hydroxyl groups is 1. The summed E-state index contributed by atoms with van der Waals surface area (Å²) in [6.45, 7) is 1.30. The highest BCUT2D eigenvalue weighted by Crippen LogP contribution is 2.31. The molecule has 1 fully saturated rings. The second kappa shape index (κ2) is 17.3. The molecule has 226 valence electrons. The maximum atomic E-state index is 10.4. The van der Waals surface area contributed by atoms with Crippen LogP contribution in [-0.4, -0.2) is 54.8 Å². The van der Waals surface area contributed by atoms with Gasteiger partial charge in [-0.2, -0.15) is 11.8 Å². The van der Waals surface area contributed by atoms with E-state index in [1.165, 1.54) is 5.56 Å². The molecule has 1 N–H and O–H groups in total. The van der Waals surface area contributed by atoms with E-state index in [-0.39, 0.29) is 6.61 Å². The molecule has 4 aromatic rings. The largest absolute Gasteiger partial charge is 0.394 e. The fourth-order valence-corrected chi connectivity index (χ4v) is 5.80. The molecule has 1 heterocycles. The fraction of sp³-hybridized carbons (Fsp3) is 0.333. The Labute approximate surface area is 258 Å². The van der Waals surface area contributed by atoms with Crippen molar-refractivity contribution in [2.75, 3.05) is 19.0 Å². The third kappa shape index (κ3) is 9.74. The smallest absolute Gasteiger partial charge is 0.186 e. The molecule has 0 bridgehead atoms. The van der Waals surface area contributed by atoms with Crippen molar-refractivity contribution in [3.8, 4) is 0 Å². The van der Waals surface area contributed by atoms with Crippen LogP contribution in [0.15, 0.2) is 121 Å². The van der Waals surface area contributed by atoms with Gasteiger partial charge in [-0.25, -0.2) is 0 Å². The highest BCUT2D eigenvalue weighted by Gasteiger charge is 2.48. The van der Waals surface area contributed by atoms with Crippen molar-refractivity contribution in [1.82, 2.24) is 0 Å². The van der Waals surface area contributed by atoms with Crippen LogP contribution in [0.25, 0.3) is 0 Å². The second-order valence-electron chi connectivity index (χ2n) is 10.4. The first-order valence-electron chi connectivity index (χ1n) is 14.8. The van der Waals surface area contributed by atoms with Crippen LogP contribution in [0.2, 0.25) is 0 Å². The van der Waals surface area contributed by atoms with Crippen molar-refractivity contribution in [2.45, 2.75) is 56.3 Å². The average molecular weight is 601 g/mol. The van der Waals surface area contributed by atoms with Crippen LogP contribution in [0.5, 0.6) is 0 Å². The van der Waals surface area contributed by atoms with E-state index in [1.54, 1.807) is 11.8 Å². The van der Waals surface area contributed by atoms with E-state index in [1.807, 2.05) is 97.1 Å². The van der Waals surface area contributed by atoms with E-state index in [9.17, 15) is 5.11 Å². The van der Waals surface area contributed by atoms with Crippen LogP contribution in [0.1, 0.15) is 22.3 Å². The van der Waals surface area contributed by atoms with E-state index in [4.69, 9.17) is 23.7 Å². The van der Waals surface area contributed by atoms with Crippen molar-refractivity contribution in [1.29, 1.82) is 0 Å². The average Bonchev–Trinajstić information content (AvgIpc) is 3.07. The van der Waals surface area contributed by atoms with Gasteiger partial charge in [0, 0.05) is 11.5 Å². The van der Waals surface area contributed by atoms with Gasteiger partial charge in [0.25, 0.3) is 0 Å². The summed E-state index contributed by atoms with van der Waals surface area (Å²) in [6, 6.07) is 40.4. The zero-order valence-corrected chi connectivity index (χ0v) is 25.1. The zero-order valence-electron chi connectivity index (χ0n) is 24.3. The molecule has 0 unspecified atom stereocenters. The lowest BCUT2D eigenvalue weighted by atomic mass is 9.98. The maximum absolute atomic E-state index is 10.4. The molecule has 0 spiro atoms. The van der Waals surface area contributed by atoms with Gasteiger partial charge >= 0.3 is 0 Å². The third-order valence-corrected chi connectivity index (χ3v) is 8.24. The molecule has 7 heteroatoms. The summed E-state index contributed by atoms with van der Waals surface area (Å²) in [6.07, 6.45) is -3.12. The molecular weight excluding hydrogens is 560 g/mol. The van der Waals surface area contributed by atoms with Gasteiger partial charge in [-0.1, -0.05) is 121 Å². The maximum Gasteiger partial charge on any atom is 0.186 e. The number of hydrogen-bond donors (Lipinski definition) is 1. The number of ether oxygens (including phenoxy) is 5. The highest BCUT2D eigenvalue weighted by atomic mass is 32.2. The Morgan fingerprint density at radius 3 is 1.47 bits per heavy atom. The predicted molar refractivity (Wildman–Crippen MR) is 169 cm³/mol. The van der Waals surface area contributed by atoms with Crippen molar-refractivity contribution in [3.63, 3.8) is 0 Å². The SMILES string of the molecule is OC[C@H]1O[C@H](OCCSCc2ccccc2)[C@H](OCc2ccccc2)[C@@H](OCc2ccccc2)[C@@H]1OCc1ccccc1. The molecule has 0 amide bonds. The molecule has 0 saturated carbocycles. The van der Waals surface area contributed by atoms with E-state index in [0.29, 0.717) is 26.4 Å². The molecule has 0 radical (unpaired) electrons. The van der Waals surface area contributed by atoms with Gasteiger partial charge in [-0.05, 0) is 22.3 Å². The lowest BCUT2D eigenvalue weighted by Crippen LogP contribution is -2.61. The number of benzene rings is 4. The first-order chi connectivity index (χ1) is 21.3. The Morgan fingerprint density at radius 1 is 0.535 bits per heavy atom. The molecule has 1 aliphatic heterocycles. The van der Waals surface area contributed by atoms with Gasteiger partial charge in [0.15, 0.2) is 6.29 Å². The minimum Gasteiger partial charge on any atom is -0.394 e. The Hall–Kier alpha value is -3.01. The normalized spacial score (nSPS) is 21.9. The molecule has 0 aliphatic carbocycles. The van der Waals surface area contributed by atoms with Crippen molar-refractivity contribution < 1.29 is 28.8 Å². The number of rotatable bonds is 16. The molecule has 5 atom stereocenters. The Bertz CT molecular complexity index is 1290. The second-order valence-corrected chi connectivity index (χ2v) is 11.5. The van der Waals surface area contributed by atoms with Crippen LogP contribution < -0.4 is 0 Å². The number of thioether (sulfide) groups is 1. The van der Waals surface area contributed by atoms with Crippen LogP contribution in [-0.2, 0) is 49.3 Å². The summed E-state index contributed by atoms with van der Waals surface area (Å²) in [7, 11) is 0. The monoisotopic (exact) mass is 600 g/mol. The number of hydrogen-bond acceptors (Lipinski definition) is 7. The van der Waals surface area contributed by atoms with Crippen LogP contribution >= 0.6 is 11.8 Å². The summed E-state index contributed by atoms with van der Waals surface area (Å²) in [4.78, 5) is 0. The third-order valence-electron chi connectivity index (χ3n) is 7.25. The summed E-state index contributed by atoms with van der Waals surface area (Å²) < 4.78 is 32.3. The van der Waals surface area contributed by atoms with Gasteiger partial charge in [0.1, 0.15) is 24.4 Å². The molecule has 43 heavy (non-hydrogen) atoms. The highest BCUT2D eigenvalue weighted by molar-refractivity contribution is 7.98. The van der Waals surface area contributed by atoms with Gasteiger partial charge in [0.05, 0.1) is 33.0 Å². The Kier molecular flexibility index (Phi) is 12.7. The minimum atomic E-state index is -0.740. The van der Waals surface area contributed by atoms with E-state index in [2.05, 4.69) is 24.3 Å². The van der Waals surface area contributed by atoms with Crippen LogP contribution in [0, 0.1) is 0 Å². The molecule has 1 saturated heterocycles. The zero-order chi connectivity index (χ0) is 29.5. The molecule has 0 aromatic heterocycles. The van der Waals surface area contributed by atoms with Crippen LogP contribution in [0.4, 0.5) is 0 Å². The van der Waals surface area contributed by atoms with Crippen molar-refractivity contribution in [3.05, 3.63) is 144 Å². The summed E-state index contributed by atoms with van der Waals surface area (Å²) in [5, 5.41) is 10.4. The lowest BCUT2D eigenvalue weighted by molar-refractivity contribution is -0.325. The van der Waals surface area contributed by atoms with E-state index < -0.39 is 30.7 Å². The summed E-state index contributed by atoms with van der Waals surface area (Å²) in [5.41, 5.74) is 4.37. The topological polar surface area (TPSA) is 66.4 Å². The van der Waals surface area contributed by atoms with Crippen LogP contribution in [0.3, 0.4) is 0 Å². The van der Waals surface area contributed by atoms with Crippen molar-refractivity contribution >= 4 is 11.8 Å². The van der Waals surface area contributed by atoms with Crippen molar-refractivity contribution in [2.24, 2.45) is 0 Å². The summed E-state index contributed by atoms with van der Waals surface area (Å²) >= 11 is 1.80. The van der Waals surface area contributed by atoms with E-state index in [0.717, 1.165) is 28.2 Å². The lowest BCUT2D eigenvalue weighted by Gasteiger charge is -2.45. The molecule has 1 aliphatic rings. The molecule has 5 rings (SSSR count). The standard InChI is InChI=1S/C36H40O6S/c37-23-32-33(39-24-28-13-5-1-6-14-28)34(40-25-29-15-7-2-8-16-29)35(41-26-30-17-9-3-10-18-30)36(42-32)38-21-22-43-27-31-19-11-4-12-20-31/h1-20,32-37H,21-27H2/t32-,33-,34+,35-,36+/m1/s1. The molecular formula is C36H40O6S. The quantitative estimate of drug-likeness (QED) is 0.149. The number of aliphatic hydroxyl groups excluding tert-OH is 1. The first-order valence-corrected chi connectivity index (χ1v) is 15.9. The molecule has 4 aromatic carbocycles. The van der Waals surface area contributed by atoms with Gasteiger partial charge in [-0.3, -0.25) is 0 Å². The summed E-state index contributed by atoms with van der Waals surface area (Å²) in [5.74, 6) is 1.69. The minimum absolute atomic E-state index is 0.237. The Balaban J connectivity index is 1.33. The Morgan fingerprint density at radius 2 is 0.977 bits per heavy atom. The van der Waals surface area contributed by atoms with Gasteiger partial charge in [0.2, 0.25) is 0 Å². The first kappa shape index (κ1) is 31.4. The van der Waals surface area contributed by atoms with Gasteiger partial charge < -0.3 is 28.8 Å².